The number of esters is 1. The van der Waals surface area contributed by atoms with Gasteiger partial charge in [-0.2, -0.15) is 0 Å². The first-order valence-corrected chi connectivity index (χ1v) is 10.9. The van der Waals surface area contributed by atoms with Gasteiger partial charge in [-0.05, 0) is 50.1 Å². The fourth-order valence-electron chi connectivity index (χ4n) is 3.47. The molecule has 0 unspecified atom stereocenters. The van der Waals surface area contributed by atoms with Crippen LogP contribution >= 0.6 is 23.2 Å². The lowest BCUT2D eigenvalue weighted by Gasteiger charge is -2.17. The zero-order valence-electron chi connectivity index (χ0n) is 17.0. The molecule has 0 spiro atoms. The van der Waals surface area contributed by atoms with Gasteiger partial charge in [-0.1, -0.05) is 42.1 Å². The summed E-state index contributed by atoms with van der Waals surface area (Å²) in [6.07, 6.45) is 4.10. The Bertz CT molecular complexity index is 916. The number of unbranched alkanes of at least 4 members (excludes halogenated alkanes) is 3. The quantitative estimate of drug-likeness (QED) is 0.327. The Kier molecular flexibility index (Phi) is 8.00. The van der Waals surface area contributed by atoms with Crippen molar-refractivity contribution in [1.82, 2.24) is 0 Å². The number of amides is 1. The Morgan fingerprint density at radius 2 is 1.90 bits per heavy atom. The third kappa shape index (κ3) is 5.46. The second-order valence-corrected chi connectivity index (χ2v) is 7.93. The number of benzene rings is 2. The lowest BCUT2D eigenvalue weighted by atomic mass is 10.1. The van der Waals surface area contributed by atoms with Crippen LogP contribution in [0.5, 0.6) is 5.75 Å². The van der Waals surface area contributed by atoms with Crippen molar-refractivity contribution in [3.63, 3.8) is 0 Å². The molecule has 160 valence electrons. The van der Waals surface area contributed by atoms with E-state index >= 15 is 0 Å². The molecule has 0 aliphatic carbocycles. The van der Waals surface area contributed by atoms with Gasteiger partial charge >= 0.3 is 5.97 Å². The molecule has 5 nitrogen and oxygen atoms in total. The minimum absolute atomic E-state index is 0.0985. The van der Waals surface area contributed by atoms with Crippen LogP contribution in [0, 0.1) is 0 Å². The minimum Gasteiger partial charge on any atom is -0.493 e. The third-order valence-corrected chi connectivity index (χ3v) is 5.50. The molecule has 0 fully saturated rings. The number of anilines is 1. The van der Waals surface area contributed by atoms with Crippen molar-refractivity contribution in [2.24, 2.45) is 0 Å². The first-order chi connectivity index (χ1) is 14.5. The molecule has 1 aliphatic rings. The lowest BCUT2D eigenvalue weighted by Crippen LogP contribution is -2.23. The van der Waals surface area contributed by atoms with Gasteiger partial charge in [0.25, 0.3) is 5.91 Å². The molecule has 0 saturated heterocycles. The van der Waals surface area contributed by atoms with Crippen LogP contribution in [-0.4, -0.2) is 25.1 Å². The summed E-state index contributed by atoms with van der Waals surface area (Å²) in [5, 5.41) is 0.966. The summed E-state index contributed by atoms with van der Waals surface area (Å²) in [4.78, 5) is 25.8. The standard InChI is InChI=1S/C23H25Cl2NO4/c1-2-29-22(27)10-5-3-4-6-13-30-21-9-7-8-17-18(21)15-26(23(17)28)20-12-11-16(24)14-19(20)25/h7-9,11-12,14H,2-6,10,13,15H2,1H3. The minimum atomic E-state index is -0.136. The van der Waals surface area contributed by atoms with Crippen LogP contribution in [0.4, 0.5) is 5.69 Å². The van der Waals surface area contributed by atoms with E-state index in [1.807, 2.05) is 25.1 Å². The van der Waals surface area contributed by atoms with Gasteiger partial charge in [-0.25, -0.2) is 0 Å². The SMILES string of the molecule is CCOC(=O)CCCCCCOc1cccc2c1CN(c1ccc(Cl)cc1Cl)C2=O. The molecule has 3 rings (SSSR count). The highest BCUT2D eigenvalue weighted by atomic mass is 35.5. The highest BCUT2D eigenvalue weighted by Gasteiger charge is 2.32. The summed E-state index contributed by atoms with van der Waals surface area (Å²) < 4.78 is 10.9. The molecule has 30 heavy (non-hydrogen) atoms. The van der Waals surface area contributed by atoms with E-state index in [1.54, 1.807) is 23.1 Å². The lowest BCUT2D eigenvalue weighted by molar-refractivity contribution is -0.143. The van der Waals surface area contributed by atoms with E-state index in [2.05, 4.69) is 0 Å². The Labute approximate surface area is 186 Å². The van der Waals surface area contributed by atoms with Crippen LogP contribution in [0.3, 0.4) is 0 Å². The van der Waals surface area contributed by atoms with Crippen molar-refractivity contribution >= 4 is 40.8 Å². The average Bonchev–Trinajstić information content (AvgIpc) is 3.05. The summed E-state index contributed by atoms with van der Waals surface area (Å²) in [7, 11) is 0. The van der Waals surface area contributed by atoms with E-state index in [4.69, 9.17) is 32.7 Å². The zero-order valence-corrected chi connectivity index (χ0v) is 18.5. The van der Waals surface area contributed by atoms with Crippen molar-refractivity contribution in [2.45, 2.75) is 45.6 Å². The van der Waals surface area contributed by atoms with Gasteiger partial charge in [0.15, 0.2) is 0 Å². The number of ether oxygens (including phenoxy) is 2. The molecule has 1 heterocycles. The number of halogens is 2. The molecule has 1 aliphatic heterocycles. The fraction of sp³-hybridized carbons (Fsp3) is 0.391. The van der Waals surface area contributed by atoms with Gasteiger partial charge < -0.3 is 14.4 Å². The normalized spacial score (nSPS) is 12.8. The highest BCUT2D eigenvalue weighted by Crippen LogP contribution is 2.37. The smallest absolute Gasteiger partial charge is 0.305 e. The number of fused-ring (bicyclic) bond motifs is 1. The first kappa shape index (κ1) is 22.4. The van der Waals surface area contributed by atoms with E-state index in [0.717, 1.165) is 37.0 Å². The molecular formula is C23H25Cl2NO4. The molecule has 0 atom stereocenters. The Morgan fingerprint density at radius 3 is 2.67 bits per heavy atom. The molecule has 0 bridgehead atoms. The van der Waals surface area contributed by atoms with E-state index in [1.165, 1.54) is 0 Å². The molecule has 0 saturated carbocycles. The Morgan fingerprint density at radius 1 is 1.10 bits per heavy atom. The second kappa shape index (κ2) is 10.7. The number of rotatable bonds is 10. The molecule has 0 N–H and O–H groups in total. The van der Waals surface area contributed by atoms with Crippen molar-refractivity contribution in [2.75, 3.05) is 18.1 Å². The van der Waals surface area contributed by atoms with Crippen LogP contribution < -0.4 is 9.64 Å². The summed E-state index contributed by atoms with van der Waals surface area (Å²) >= 11 is 12.3. The largest absolute Gasteiger partial charge is 0.493 e. The maximum absolute atomic E-state index is 12.9. The molecule has 7 heteroatoms. The number of nitrogens with zero attached hydrogens (tertiary/aromatic N) is 1. The number of carbonyl (C=O) groups is 2. The summed E-state index contributed by atoms with van der Waals surface area (Å²) in [5.74, 6) is 0.488. The zero-order chi connectivity index (χ0) is 21.5. The number of carbonyl (C=O) groups excluding carboxylic acids is 2. The highest BCUT2D eigenvalue weighted by molar-refractivity contribution is 6.37. The Balaban J connectivity index is 1.53. The summed E-state index contributed by atoms with van der Waals surface area (Å²) in [5.41, 5.74) is 2.14. The number of hydrogen-bond donors (Lipinski definition) is 0. The Hall–Kier alpha value is -2.24. The molecule has 2 aromatic carbocycles. The van der Waals surface area contributed by atoms with Gasteiger partial charge in [0.05, 0.1) is 30.5 Å². The topological polar surface area (TPSA) is 55.8 Å². The average molecular weight is 450 g/mol. The third-order valence-electron chi connectivity index (χ3n) is 4.96. The van der Waals surface area contributed by atoms with Crippen LogP contribution in [0.25, 0.3) is 0 Å². The van der Waals surface area contributed by atoms with Crippen LogP contribution in [0.1, 0.15) is 54.9 Å². The van der Waals surface area contributed by atoms with E-state index in [-0.39, 0.29) is 11.9 Å². The van der Waals surface area contributed by atoms with Crippen LogP contribution in [-0.2, 0) is 16.1 Å². The van der Waals surface area contributed by atoms with E-state index < -0.39 is 0 Å². The van der Waals surface area contributed by atoms with Crippen molar-refractivity contribution in [1.29, 1.82) is 0 Å². The molecule has 2 aromatic rings. The van der Waals surface area contributed by atoms with Crippen LogP contribution in [0.2, 0.25) is 10.0 Å². The van der Waals surface area contributed by atoms with Gasteiger partial charge in [0, 0.05) is 22.6 Å². The second-order valence-electron chi connectivity index (χ2n) is 7.09. The summed E-state index contributed by atoms with van der Waals surface area (Å²) in [6, 6.07) is 10.6. The molecule has 1 amide bonds. The predicted octanol–water partition coefficient (Wildman–Crippen LogP) is 6.05. The number of hydrogen-bond acceptors (Lipinski definition) is 4. The van der Waals surface area contributed by atoms with E-state index in [0.29, 0.717) is 47.5 Å². The van der Waals surface area contributed by atoms with Crippen LogP contribution in [0.15, 0.2) is 36.4 Å². The van der Waals surface area contributed by atoms with Crippen molar-refractivity contribution in [3.8, 4) is 5.75 Å². The van der Waals surface area contributed by atoms with Gasteiger partial charge in [-0.3, -0.25) is 9.59 Å². The first-order valence-electron chi connectivity index (χ1n) is 10.2. The van der Waals surface area contributed by atoms with Gasteiger partial charge in [0.1, 0.15) is 5.75 Å². The molecule has 0 radical (unpaired) electrons. The maximum atomic E-state index is 12.9. The summed E-state index contributed by atoms with van der Waals surface area (Å²) in [6.45, 7) is 3.21. The van der Waals surface area contributed by atoms with Crippen molar-refractivity contribution in [3.05, 3.63) is 57.6 Å². The van der Waals surface area contributed by atoms with E-state index in [9.17, 15) is 9.59 Å². The fourth-order valence-corrected chi connectivity index (χ4v) is 3.99. The van der Waals surface area contributed by atoms with Crippen molar-refractivity contribution < 1.29 is 19.1 Å². The predicted molar refractivity (Wildman–Crippen MR) is 119 cm³/mol. The van der Waals surface area contributed by atoms with Gasteiger partial charge in [0.2, 0.25) is 0 Å². The molecule has 0 aromatic heterocycles. The van der Waals surface area contributed by atoms with Gasteiger partial charge in [-0.15, -0.1) is 0 Å². The molecular weight excluding hydrogens is 425 g/mol. The monoisotopic (exact) mass is 449 g/mol. The maximum Gasteiger partial charge on any atom is 0.305 e.